The Balaban J connectivity index is 1.67. The van der Waals surface area contributed by atoms with E-state index < -0.39 is 0 Å². The summed E-state index contributed by atoms with van der Waals surface area (Å²) in [4.78, 5) is 2.46. The third-order valence-electron chi connectivity index (χ3n) is 3.60. The molecule has 2 rings (SSSR count). The largest absolute Gasteiger partial charge is 0.314 e. The van der Waals surface area contributed by atoms with Gasteiger partial charge in [-0.25, -0.2) is 0 Å². The van der Waals surface area contributed by atoms with Gasteiger partial charge in [0.15, 0.2) is 0 Å². The molecule has 0 aliphatic carbocycles. The van der Waals surface area contributed by atoms with Crippen molar-refractivity contribution in [3.8, 4) is 0 Å². The summed E-state index contributed by atoms with van der Waals surface area (Å²) >= 11 is 1.79. The zero-order valence-corrected chi connectivity index (χ0v) is 11.8. The van der Waals surface area contributed by atoms with Gasteiger partial charge in [0.2, 0.25) is 0 Å². The van der Waals surface area contributed by atoms with Gasteiger partial charge in [0.1, 0.15) is 0 Å². The molecule has 0 bridgehead atoms. The van der Waals surface area contributed by atoms with Crippen molar-refractivity contribution < 1.29 is 0 Å². The molecule has 1 fully saturated rings. The smallest absolute Gasteiger partial charge is 0.00795 e. The van der Waals surface area contributed by atoms with Crippen LogP contribution in [-0.4, -0.2) is 37.6 Å². The predicted octanol–water partition coefficient (Wildman–Crippen LogP) is 2.61. The van der Waals surface area contributed by atoms with Crippen LogP contribution in [0, 0.1) is 5.92 Å². The maximum Gasteiger partial charge on any atom is 0.00795 e. The maximum absolute atomic E-state index is 3.69. The molecule has 1 N–H and O–H groups in total. The number of nitrogens with zero attached hydrogens (tertiary/aromatic N) is 1. The SMILES string of the molecule is CC(Cc1ccsc1)NCC1CCCN(C)C1. The van der Waals surface area contributed by atoms with Gasteiger partial charge in [0.25, 0.3) is 0 Å². The van der Waals surface area contributed by atoms with Crippen molar-refractivity contribution in [3.63, 3.8) is 0 Å². The fourth-order valence-electron chi connectivity index (χ4n) is 2.64. The molecule has 1 aromatic rings. The van der Waals surface area contributed by atoms with Gasteiger partial charge in [0, 0.05) is 12.6 Å². The van der Waals surface area contributed by atoms with E-state index in [-0.39, 0.29) is 0 Å². The summed E-state index contributed by atoms with van der Waals surface area (Å²) < 4.78 is 0. The van der Waals surface area contributed by atoms with Crippen molar-refractivity contribution in [2.45, 2.75) is 32.2 Å². The quantitative estimate of drug-likeness (QED) is 0.866. The molecular formula is C14H24N2S. The molecule has 0 saturated carbocycles. The van der Waals surface area contributed by atoms with E-state index in [2.05, 4.69) is 41.0 Å². The molecule has 0 amide bonds. The Morgan fingerprint density at radius 1 is 1.59 bits per heavy atom. The number of likely N-dealkylation sites (tertiary alicyclic amines) is 1. The summed E-state index contributed by atoms with van der Waals surface area (Å²) in [5, 5.41) is 8.11. The van der Waals surface area contributed by atoms with Crippen LogP contribution in [0.1, 0.15) is 25.3 Å². The molecule has 2 heterocycles. The molecule has 0 aromatic carbocycles. The van der Waals surface area contributed by atoms with E-state index in [1.165, 1.54) is 38.0 Å². The summed E-state index contributed by atoms with van der Waals surface area (Å²) in [5.41, 5.74) is 1.47. The van der Waals surface area contributed by atoms with E-state index in [0.29, 0.717) is 6.04 Å². The van der Waals surface area contributed by atoms with Gasteiger partial charge in [-0.15, -0.1) is 0 Å². The fourth-order valence-corrected chi connectivity index (χ4v) is 3.32. The van der Waals surface area contributed by atoms with Crippen LogP contribution in [0.4, 0.5) is 0 Å². The lowest BCUT2D eigenvalue weighted by molar-refractivity contribution is 0.203. The second-order valence-corrected chi connectivity index (χ2v) is 6.20. The Hall–Kier alpha value is -0.380. The van der Waals surface area contributed by atoms with Gasteiger partial charge in [0.05, 0.1) is 0 Å². The molecule has 2 atom stereocenters. The van der Waals surface area contributed by atoms with Crippen molar-refractivity contribution in [3.05, 3.63) is 22.4 Å². The average molecular weight is 252 g/mol. The molecule has 1 saturated heterocycles. The lowest BCUT2D eigenvalue weighted by Crippen LogP contribution is -2.40. The highest BCUT2D eigenvalue weighted by molar-refractivity contribution is 7.07. The molecule has 2 nitrogen and oxygen atoms in total. The first-order valence-electron chi connectivity index (χ1n) is 6.67. The highest BCUT2D eigenvalue weighted by atomic mass is 32.1. The van der Waals surface area contributed by atoms with E-state index in [1.54, 1.807) is 11.3 Å². The molecular weight excluding hydrogens is 228 g/mol. The number of hydrogen-bond acceptors (Lipinski definition) is 3. The van der Waals surface area contributed by atoms with Crippen LogP contribution in [0.3, 0.4) is 0 Å². The highest BCUT2D eigenvalue weighted by Gasteiger charge is 2.17. The van der Waals surface area contributed by atoms with Crippen LogP contribution >= 0.6 is 11.3 Å². The van der Waals surface area contributed by atoms with Crippen molar-refractivity contribution in [2.24, 2.45) is 5.92 Å². The van der Waals surface area contributed by atoms with Crippen molar-refractivity contribution >= 4 is 11.3 Å². The topological polar surface area (TPSA) is 15.3 Å². The van der Waals surface area contributed by atoms with Gasteiger partial charge in [-0.3, -0.25) is 0 Å². The second kappa shape index (κ2) is 6.53. The second-order valence-electron chi connectivity index (χ2n) is 5.42. The minimum Gasteiger partial charge on any atom is -0.314 e. The molecule has 0 radical (unpaired) electrons. The van der Waals surface area contributed by atoms with Crippen LogP contribution in [0.15, 0.2) is 16.8 Å². The van der Waals surface area contributed by atoms with E-state index in [4.69, 9.17) is 0 Å². The fraction of sp³-hybridized carbons (Fsp3) is 0.714. The van der Waals surface area contributed by atoms with E-state index >= 15 is 0 Å². The number of thiophene rings is 1. The standard InChI is InChI=1S/C14H24N2S/c1-12(8-13-5-7-17-11-13)15-9-14-4-3-6-16(2)10-14/h5,7,11-12,14-15H,3-4,6,8-10H2,1-2H3. The van der Waals surface area contributed by atoms with Crippen LogP contribution in [0.25, 0.3) is 0 Å². The van der Waals surface area contributed by atoms with Crippen molar-refractivity contribution in [2.75, 3.05) is 26.7 Å². The minimum absolute atomic E-state index is 0.594. The molecule has 1 aromatic heterocycles. The lowest BCUT2D eigenvalue weighted by Gasteiger charge is -2.30. The molecule has 1 aliphatic rings. The third kappa shape index (κ3) is 4.41. The predicted molar refractivity (Wildman–Crippen MR) is 75.7 cm³/mol. The lowest BCUT2D eigenvalue weighted by atomic mass is 9.98. The number of rotatable bonds is 5. The zero-order valence-electron chi connectivity index (χ0n) is 11.0. The van der Waals surface area contributed by atoms with Crippen molar-refractivity contribution in [1.29, 1.82) is 0 Å². The first kappa shape index (κ1) is 13.1. The maximum atomic E-state index is 3.69. The molecule has 0 spiro atoms. The van der Waals surface area contributed by atoms with Gasteiger partial charge >= 0.3 is 0 Å². The Labute approximate surface area is 109 Å². The molecule has 1 aliphatic heterocycles. The van der Waals surface area contributed by atoms with Gasteiger partial charge in [-0.2, -0.15) is 11.3 Å². The van der Waals surface area contributed by atoms with Crippen LogP contribution in [0.2, 0.25) is 0 Å². The first-order valence-corrected chi connectivity index (χ1v) is 7.61. The Morgan fingerprint density at radius 3 is 3.18 bits per heavy atom. The molecule has 17 heavy (non-hydrogen) atoms. The van der Waals surface area contributed by atoms with Crippen LogP contribution in [0.5, 0.6) is 0 Å². The highest BCUT2D eigenvalue weighted by Crippen LogP contribution is 2.14. The van der Waals surface area contributed by atoms with E-state index in [9.17, 15) is 0 Å². The van der Waals surface area contributed by atoms with Gasteiger partial charge in [-0.05, 0) is 74.6 Å². The summed E-state index contributed by atoms with van der Waals surface area (Å²) in [6.07, 6.45) is 3.91. The third-order valence-corrected chi connectivity index (χ3v) is 4.33. The summed E-state index contributed by atoms with van der Waals surface area (Å²) in [7, 11) is 2.24. The van der Waals surface area contributed by atoms with Crippen LogP contribution < -0.4 is 5.32 Å². The normalized spacial score (nSPS) is 23.8. The van der Waals surface area contributed by atoms with Gasteiger partial charge in [-0.1, -0.05) is 0 Å². The molecule has 3 heteroatoms. The first-order chi connectivity index (χ1) is 8.24. The average Bonchev–Trinajstić information content (AvgIpc) is 2.79. The number of hydrogen-bond donors (Lipinski definition) is 1. The van der Waals surface area contributed by atoms with Gasteiger partial charge < -0.3 is 10.2 Å². The monoisotopic (exact) mass is 252 g/mol. The molecule has 96 valence electrons. The van der Waals surface area contributed by atoms with Crippen molar-refractivity contribution in [1.82, 2.24) is 10.2 Å². The minimum atomic E-state index is 0.594. The summed E-state index contributed by atoms with van der Waals surface area (Å²) in [6, 6.07) is 2.83. The summed E-state index contributed by atoms with van der Waals surface area (Å²) in [5.74, 6) is 0.846. The van der Waals surface area contributed by atoms with E-state index in [0.717, 1.165) is 12.3 Å². The zero-order chi connectivity index (χ0) is 12.1. The Morgan fingerprint density at radius 2 is 2.47 bits per heavy atom. The van der Waals surface area contributed by atoms with Crippen LogP contribution in [-0.2, 0) is 6.42 Å². The molecule has 2 unspecified atom stereocenters. The number of piperidine rings is 1. The Kier molecular flexibility index (Phi) is 5.01. The van der Waals surface area contributed by atoms with E-state index in [1.807, 2.05) is 0 Å². The Bertz CT molecular complexity index is 310. The summed E-state index contributed by atoms with van der Waals surface area (Å²) in [6.45, 7) is 6.01. The number of nitrogens with one attached hydrogen (secondary N) is 1.